The maximum absolute atomic E-state index is 9.66. The average Bonchev–Trinajstić information content (AvgIpc) is 1.36. The first kappa shape index (κ1) is 5.99. The molecule has 6 heavy (non-hydrogen) atoms. The molecule has 0 aromatic rings. The van der Waals surface area contributed by atoms with E-state index in [1.165, 1.54) is 0 Å². The van der Waals surface area contributed by atoms with E-state index in [-0.39, 0.29) is 0 Å². The standard InChI is InChI=1S/C2H5AsO3/c1-2(4)3(5)6/h3H,1H3,(H,5,6). The summed E-state index contributed by atoms with van der Waals surface area (Å²) in [5.74, 6) is 0. The second-order valence-corrected chi connectivity index (χ2v) is 3.62. The third kappa shape index (κ3) is 2.24. The Hall–Kier alpha value is -0.0116. The molecule has 0 rings (SSSR count). The van der Waals surface area contributed by atoms with E-state index in [1.807, 2.05) is 0 Å². The van der Waals surface area contributed by atoms with Gasteiger partial charge in [0, 0.05) is 0 Å². The molecule has 0 fully saturated rings. The van der Waals surface area contributed by atoms with Crippen LogP contribution in [-0.2, 0) is 8.53 Å². The molecule has 0 bridgehead atoms. The molecule has 0 spiro atoms. The Labute approximate surface area is 39.8 Å². The minimum atomic E-state index is -3.35. The quantitative estimate of drug-likeness (QED) is 0.478. The molecule has 0 aliphatic carbocycles. The van der Waals surface area contributed by atoms with Gasteiger partial charge in [-0.1, -0.05) is 0 Å². The van der Waals surface area contributed by atoms with Crippen molar-refractivity contribution in [2.75, 3.05) is 0 Å². The van der Waals surface area contributed by atoms with Crippen LogP contribution in [0.1, 0.15) is 6.92 Å². The molecule has 0 aliphatic rings. The molecule has 4 heteroatoms. The molecule has 0 aromatic heterocycles. The maximum atomic E-state index is 9.66. The van der Waals surface area contributed by atoms with E-state index in [2.05, 4.69) is 0 Å². The average molecular weight is 152 g/mol. The van der Waals surface area contributed by atoms with Gasteiger partial charge >= 0.3 is 39.1 Å². The third-order valence-electron chi connectivity index (χ3n) is 0.301. The molecule has 0 radical (unpaired) electrons. The summed E-state index contributed by atoms with van der Waals surface area (Å²) in [6, 6.07) is 0. The topological polar surface area (TPSA) is 54.4 Å². The Morgan fingerprint density at radius 1 is 1.83 bits per heavy atom. The van der Waals surface area contributed by atoms with Gasteiger partial charge in [-0.05, 0) is 0 Å². The van der Waals surface area contributed by atoms with Crippen molar-refractivity contribution in [3.05, 3.63) is 0 Å². The molecule has 0 aromatic carbocycles. The van der Waals surface area contributed by atoms with Crippen molar-refractivity contribution in [2.45, 2.75) is 6.92 Å². The SMILES string of the molecule is CC(=O)[AsH](=O)O. The molecular weight excluding hydrogens is 147 g/mol. The van der Waals surface area contributed by atoms with Crippen LogP contribution >= 0.6 is 0 Å². The van der Waals surface area contributed by atoms with Gasteiger partial charge in [-0.15, -0.1) is 0 Å². The van der Waals surface area contributed by atoms with Gasteiger partial charge in [0.05, 0.1) is 0 Å². The molecule has 1 atom stereocenters. The first-order chi connectivity index (χ1) is 2.64. The molecule has 36 valence electrons. The fourth-order valence-electron chi connectivity index (χ4n) is 0. The van der Waals surface area contributed by atoms with Crippen LogP contribution < -0.4 is 0 Å². The van der Waals surface area contributed by atoms with E-state index < -0.39 is 19.5 Å². The number of hydrogen-bond acceptors (Lipinski definition) is 2. The number of carbonyl (C=O) groups excluding carboxylic acids is 1. The van der Waals surface area contributed by atoms with E-state index in [4.69, 9.17) is 4.10 Å². The van der Waals surface area contributed by atoms with Crippen LogP contribution in [0.5, 0.6) is 0 Å². The van der Waals surface area contributed by atoms with Crippen LogP contribution in [0, 0.1) is 0 Å². The summed E-state index contributed by atoms with van der Waals surface area (Å²) in [4.78, 5) is 9.66. The Balaban J connectivity index is 3.57. The van der Waals surface area contributed by atoms with Gasteiger partial charge in [0.15, 0.2) is 0 Å². The second-order valence-electron chi connectivity index (χ2n) is 0.861. The number of rotatable bonds is 1. The van der Waals surface area contributed by atoms with Crippen molar-refractivity contribution in [1.82, 2.24) is 0 Å². The monoisotopic (exact) mass is 152 g/mol. The van der Waals surface area contributed by atoms with E-state index in [9.17, 15) is 8.53 Å². The van der Waals surface area contributed by atoms with E-state index >= 15 is 0 Å². The fraction of sp³-hybridized carbons (Fsp3) is 0.500. The first-order valence-electron chi connectivity index (χ1n) is 1.38. The molecule has 0 saturated carbocycles. The van der Waals surface area contributed by atoms with Crippen LogP contribution in [0.3, 0.4) is 0 Å². The van der Waals surface area contributed by atoms with Gasteiger partial charge < -0.3 is 0 Å². The summed E-state index contributed by atoms with van der Waals surface area (Å²) in [6.45, 7) is 1.11. The Morgan fingerprint density at radius 2 is 2.00 bits per heavy atom. The molecule has 0 amide bonds. The molecule has 0 saturated heterocycles. The number of carbonyl (C=O) groups is 1. The van der Waals surface area contributed by atoms with Crippen molar-refractivity contribution in [1.29, 1.82) is 0 Å². The molecular formula is C2H5AsO3. The fourth-order valence-corrected chi connectivity index (χ4v) is 0. The predicted octanol–water partition coefficient (Wildman–Crippen LogP) is -1.24. The van der Waals surface area contributed by atoms with Crippen LogP contribution in [-0.4, -0.2) is 23.6 Å². The zero-order valence-corrected chi connectivity index (χ0v) is 5.36. The van der Waals surface area contributed by atoms with Gasteiger partial charge in [0.2, 0.25) is 0 Å². The van der Waals surface area contributed by atoms with Gasteiger partial charge in [0.25, 0.3) is 0 Å². The summed E-state index contributed by atoms with van der Waals surface area (Å²) in [5.41, 5.74) is 0. The predicted molar refractivity (Wildman–Crippen MR) is 20.7 cm³/mol. The first-order valence-corrected chi connectivity index (χ1v) is 4.23. The summed E-state index contributed by atoms with van der Waals surface area (Å²) < 4.78 is 16.9. The molecule has 0 aliphatic heterocycles. The molecule has 1 unspecified atom stereocenters. The van der Waals surface area contributed by atoms with Crippen LogP contribution in [0.25, 0.3) is 0 Å². The summed E-state index contributed by atoms with van der Waals surface area (Å²) >= 11 is -3.35. The molecule has 1 N–H and O–H groups in total. The Kier molecular flexibility index (Phi) is 2.21. The van der Waals surface area contributed by atoms with Crippen molar-refractivity contribution < 1.29 is 12.6 Å². The van der Waals surface area contributed by atoms with E-state index in [0.717, 1.165) is 6.92 Å². The van der Waals surface area contributed by atoms with Gasteiger partial charge in [-0.2, -0.15) is 0 Å². The van der Waals surface area contributed by atoms with Gasteiger partial charge in [-0.3, -0.25) is 0 Å². The zero-order chi connectivity index (χ0) is 5.15. The van der Waals surface area contributed by atoms with Crippen LogP contribution in [0.15, 0.2) is 0 Å². The zero-order valence-electron chi connectivity index (χ0n) is 3.26. The summed E-state index contributed by atoms with van der Waals surface area (Å²) in [5, 5.41) is 0. The Bertz CT molecular complexity index is 74.8. The molecule has 3 nitrogen and oxygen atoms in total. The third-order valence-corrected chi connectivity index (χ3v) is 1.56. The van der Waals surface area contributed by atoms with E-state index in [1.54, 1.807) is 0 Å². The van der Waals surface area contributed by atoms with Gasteiger partial charge in [0.1, 0.15) is 0 Å². The van der Waals surface area contributed by atoms with Gasteiger partial charge in [-0.25, -0.2) is 0 Å². The molecule has 0 heterocycles. The van der Waals surface area contributed by atoms with Crippen molar-refractivity contribution in [3.8, 4) is 0 Å². The summed E-state index contributed by atoms with van der Waals surface area (Å²) in [6.07, 6.45) is 0. The van der Waals surface area contributed by atoms with Crippen LogP contribution in [0.2, 0.25) is 0 Å². The van der Waals surface area contributed by atoms with Crippen LogP contribution in [0.4, 0.5) is 0 Å². The Morgan fingerprint density at radius 3 is 2.00 bits per heavy atom. The van der Waals surface area contributed by atoms with Crippen molar-refractivity contribution >= 4 is 19.5 Å². The summed E-state index contributed by atoms with van der Waals surface area (Å²) in [7, 11) is 0. The minimum absolute atomic E-state index is 0.574. The van der Waals surface area contributed by atoms with Crippen molar-refractivity contribution in [3.63, 3.8) is 0 Å². The number of hydrogen-bond donors (Lipinski definition) is 1. The normalized spacial score (nSPS) is 13.7. The van der Waals surface area contributed by atoms with Crippen molar-refractivity contribution in [2.24, 2.45) is 0 Å². The second kappa shape index (κ2) is 2.21. The van der Waals surface area contributed by atoms with E-state index in [0.29, 0.717) is 0 Å².